The van der Waals surface area contributed by atoms with Crippen LogP contribution >= 0.6 is 0 Å². The molecule has 8 heteroatoms. The molecule has 0 unspecified atom stereocenters. The molecule has 0 bridgehead atoms. The summed E-state index contributed by atoms with van der Waals surface area (Å²) >= 11 is 0. The number of nitrogens with zero attached hydrogens (tertiary/aromatic N) is 1. The lowest BCUT2D eigenvalue weighted by molar-refractivity contribution is 0.0600. The van der Waals surface area contributed by atoms with Gasteiger partial charge in [-0.3, -0.25) is 4.79 Å². The van der Waals surface area contributed by atoms with Crippen molar-refractivity contribution in [3.05, 3.63) is 75.6 Å². The molecule has 32 heavy (non-hydrogen) atoms. The number of nitrogens with one attached hydrogen (secondary N) is 1. The molecular weight excluding hydrogens is 428 g/mol. The average Bonchev–Trinajstić information content (AvgIpc) is 3.31. The van der Waals surface area contributed by atoms with Crippen LogP contribution in [0.4, 0.5) is 0 Å². The van der Waals surface area contributed by atoms with Crippen molar-refractivity contribution in [1.82, 2.24) is 9.29 Å². The topological polar surface area (TPSA) is 96.5 Å². The zero-order valence-corrected chi connectivity index (χ0v) is 18.9. The molecule has 1 N–H and O–H groups in total. The number of methoxy groups -OCH3 is 1. The fraction of sp³-hybridized carbons (Fsp3) is 0.333. The number of esters is 1. The molecule has 0 radical (unpaired) electrons. The van der Waals surface area contributed by atoms with E-state index in [0.29, 0.717) is 5.56 Å². The van der Waals surface area contributed by atoms with Gasteiger partial charge in [-0.25, -0.2) is 13.2 Å². The molecule has 0 spiro atoms. The van der Waals surface area contributed by atoms with Gasteiger partial charge in [0.2, 0.25) is 10.0 Å². The molecule has 1 aromatic heterocycles. The summed E-state index contributed by atoms with van der Waals surface area (Å²) in [5, 5.41) is 0.858. The van der Waals surface area contributed by atoms with Crippen LogP contribution in [0, 0.1) is 6.92 Å². The Morgan fingerprint density at radius 1 is 1.09 bits per heavy atom. The summed E-state index contributed by atoms with van der Waals surface area (Å²) < 4.78 is 33.3. The first-order valence-corrected chi connectivity index (χ1v) is 12.1. The number of carbonyl (C=O) groups is 1. The maximum atomic E-state index is 13.6. The number of aromatic nitrogens is 1. The van der Waals surface area contributed by atoms with Crippen LogP contribution in [0.3, 0.4) is 0 Å². The summed E-state index contributed by atoms with van der Waals surface area (Å²) in [4.78, 5) is 27.5. The fourth-order valence-corrected chi connectivity index (χ4v) is 5.93. The first-order valence-electron chi connectivity index (χ1n) is 10.6. The van der Waals surface area contributed by atoms with Gasteiger partial charge in [-0.1, -0.05) is 25.0 Å². The Balaban J connectivity index is 1.72. The lowest BCUT2D eigenvalue weighted by atomic mass is 10.1. The minimum absolute atomic E-state index is 0.00902. The van der Waals surface area contributed by atoms with Crippen molar-refractivity contribution in [2.45, 2.75) is 50.1 Å². The van der Waals surface area contributed by atoms with Crippen LogP contribution in [0.5, 0.6) is 0 Å². The van der Waals surface area contributed by atoms with Crippen LogP contribution in [0.15, 0.2) is 58.2 Å². The molecule has 1 fully saturated rings. The van der Waals surface area contributed by atoms with E-state index in [0.717, 1.165) is 42.1 Å². The van der Waals surface area contributed by atoms with Crippen molar-refractivity contribution in [1.29, 1.82) is 0 Å². The summed E-state index contributed by atoms with van der Waals surface area (Å²) in [6.45, 7) is 1.94. The normalized spacial score (nSPS) is 14.8. The first kappa shape index (κ1) is 22.2. The van der Waals surface area contributed by atoms with E-state index in [1.54, 1.807) is 6.07 Å². The number of H-pyrrole nitrogens is 1. The Kier molecular flexibility index (Phi) is 6.17. The van der Waals surface area contributed by atoms with Gasteiger partial charge in [0, 0.05) is 23.7 Å². The number of fused-ring (bicyclic) bond motifs is 1. The van der Waals surface area contributed by atoms with Gasteiger partial charge in [0.05, 0.1) is 17.6 Å². The molecule has 1 aliphatic rings. The fourth-order valence-electron chi connectivity index (χ4n) is 4.26. The quantitative estimate of drug-likeness (QED) is 0.572. The van der Waals surface area contributed by atoms with Crippen LogP contribution in [0.25, 0.3) is 10.9 Å². The van der Waals surface area contributed by atoms with Gasteiger partial charge in [0.15, 0.2) is 0 Å². The van der Waals surface area contributed by atoms with Gasteiger partial charge < -0.3 is 9.72 Å². The lowest BCUT2D eigenvalue weighted by Crippen LogP contribution is -2.39. The van der Waals surface area contributed by atoms with E-state index >= 15 is 0 Å². The van der Waals surface area contributed by atoms with E-state index in [-0.39, 0.29) is 28.6 Å². The predicted octanol–water partition coefficient (Wildman–Crippen LogP) is 3.76. The molecule has 1 heterocycles. The van der Waals surface area contributed by atoms with Crippen LogP contribution in [0.2, 0.25) is 0 Å². The van der Waals surface area contributed by atoms with Crippen molar-refractivity contribution < 1.29 is 17.9 Å². The molecule has 0 aliphatic heterocycles. The van der Waals surface area contributed by atoms with Gasteiger partial charge in [0.1, 0.15) is 0 Å². The largest absolute Gasteiger partial charge is 0.465 e. The second-order valence-electron chi connectivity index (χ2n) is 8.22. The Morgan fingerprint density at radius 2 is 1.78 bits per heavy atom. The van der Waals surface area contributed by atoms with Crippen molar-refractivity contribution in [2.75, 3.05) is 7.11 Å². The number of carbonyl (C=O) groups excluding carboxylic acids is 1. The Morgan fingerprint density at radius 3 is 2.44 bits per heavy atom. The molecule has 3 aromatic rings. The molecule has 7 nitrogen and oxygen atoms in total. The molecule has 1 saturated carbocycles. The van der Waals surface area contributed by atoms with Gasteiger partial charge in [0.25, 0.3) is 5.56 Å². The summed E-state index contributed by atoms with van der Waals surface area (Å²) in [7, 11) is -2.61. The van der Waals surface area contributed by atoms with Gasteiger partial charge in [-0.15, -0.1) is 0 Å². The van der Waals surface area contributed by atoms with Gasteiger partial charge >= 0.3 is 5.97 Å². The van der Waals surface area contributed by atoms with Crippen LogP contribution in [0.1, 0.15) is 47.2 Å². The molecule has 0 amide bonds. The lowest BCUT2D eigenvalue weighted by Gasteiger charge is -2.28. The van der Waals surface area contributed by atoms with Gasteiger partial charge in [-0.05, 0) is 67.1 Å². The highest BCUT2D eigenvalue weighted by atomic mass is 32.2. The number of rotatable bonds is 6. The number of pyridine rings is 1. The van der Waals surface area contributed by atoms with Gasteiger partial charge in [-0.2, -0.15) is 4.31 Å². The summed E-state index contributed by atoms with van der Waals surface area (Å²) in [6, 6.07) is 13.1. The third kappa shape index (κ3) is 4.33. The van der Waals surface area contributed by atoms with E-state index in [9.17, 15) is 18.0 Å². The molecule has 168 valence electrons. The minimum Gasteiger partial charge on any atom is -0.465 e. The Hall–Kier alpha value is -2.97. The zero-order valence-electron chi connectivity index (χ0n) is 18.1. The van der Waals surface area contributed by atoms with Crippen molar-refractivity contribution in [2.24, 2.45) is 0 Å². The highest BCUT2D eigenvalue weighted by Crippen LogP contribution is 2.30. The maximum absolute atomic E-state index is 13.6. The van der Waals surface area contributed by atoms with Crippen molar-refractivity contribution in [3.8, 4) is 0 Å². The number of benzene rings is 2. The number of hydrogen-bond donors (Lipinski definition) is 1. The van der Waals surface area contributed by atoms with Crippen molar-refractivity contribution in [3.63, 3.8) is 0 Å². The molecule has 2 aromatic carbocycles. The smallest absolute Gasteiger partial charge is 0.337 e. The summed E-state index contributed by atoms with van der Waals surface area (Å²) in [5.41, 5.74) is 2.16. The third-order valence-corrected chi connectivity index (χ3v) is 7.93. The summed E-state index contributed by atoms with van der Waals surface area (Å²) in [6.07, 6.45) is 3.41. The highest BCUT2D eigenvalue weighted by Gasteiger charge is 2.34. The highest BCUT2D eigenvalue weighted by molar-refractivity contribution is 7.89. The number of sulfonamides is 1. The monoisotopic (exact) mass is 454 g/mol. The second kappa shape index (κ2) is 8.88. The molecule has 0 saturated heterocycles. The van der Waals surface area contributed by atoms with Crippen LogP contribution in [-0.4, -0.2) is 36.8 Å². The number of hydrogen-bond acceptors (Lipinski definition) is 5. The molecule has 0 atom stereocenters. The Labute approximate surface area is 187 Å². The number of aromatic amines is 1. The maximum Gasteiger partial charge on any atom is 0.337 e. The molecular formula is C24H26N2O5S. The Bertz CT molecular complexity index is 1310. The number of ether oxygens (including phenoxy) is 1. The first-order chi connectivity index (χ1) is 15.3. The average molecular weight is 455 g/mol. The van der Waals surface area contributed by atoms with Crippen molar-refractivity contribution >= 4 is 26.9 Å². The van der Waals surface area contributed by atoms with E-state index < -0.39 is 16.0 Å². The summed E-state index contributed by atoms with van der Waals surface area (Å²) in [5.74, 6) is -0.528. The minimum atomic E-state index is -3.88. The third-order valence-electron chi connectivity index (χ3n) is 6.02. The number of aryl methyl sites for hydroxylation is 1. The van der Waals surface area contributed by atoms with Crippen LogP contribution < -0.4 is 5.56 Å². The van der Waals surface area contributed by atoms with E-state index in [1.165, 1.54) is 35.7 Å². The van der Waals surface area contributed by atoms with E-state index in [1.807, 2.05) is 25.1 Å². The van der Waals surface area contributed by atoms with E-state index in [4.69, 9.17) is 0 Å². The zero-order chi connectivity index (χ0) is 22.9. The predicted molar refractivity (Wildman–Crippen MR) is 122 cm³/mol. The molecule has 4 rings (SSSR count). The SMILES string of the molecule is COC(=O)c1ccc(S(=O)(=O)N(Cc2cc3ccc(C)cc3[nH]c2=O)C2CCCC2)cc1. The standard InChI is InChI=1S/C24H26N2O5S/c1-16-7-8-18-14-19(23(27)25-22(18)13-16)15-26(20-5-3-4-6-20)32(29,30)21-11-9-17(10-12-21)24(28)31-2/h7-14,20H,3-6,15H2,1-2H3,(H,25,27). The molecule has 1 aliphatic carbocycles. The van der Waals surface area contributed by atoms with E-state index in [2.05, 4.69) is 9.72 Å². The van der Waals surface area contributed by atoms with Crippen LogP contribution in [-0.2, 0) is 21.3 Å². The second-order valence-corrected chi connectivity index (χ2v) is 10.1.